The Morgan fingerprint density at radius 1 is 0.523 bits per heavy atom. The summed E-state index contributed by atoms with van der Waals surface area (Å²) in [5.41, 5.74) is -1.68. The predicted molar refractivity (Wildman–Crippen MR) is 129 cm³/mol. The average Bonchev–Trinajstić information content (AvgIpc) is 3.69. The second-order valence-electron chi connectivity index (χ2n) is 7.16. The van der Waals surface area contributed by atoms with Gasteiger partial charge < -0.3 is 50.6 Å². The molecule has 0 saturated heterocycles. The molecule has 4 N–H and O–H groups in total. The van der Waals surface area contributed by atoms with Crippen LogP contribution in [0.3, 0.4) is 0 Å². The molecule has 0 bridgehead atoms. The standard InChI is InChI=1S/C10H8N6.2C7H5NO4.2Cu.2H2O/c1-2-10(16-6-4-12-8-16)14-13-9(1)15-5-3-11-7-15;2*9-6(10)4-2-1-3-5(8-4)7(11)12;;;;/h1-8H;2*1-3H,(H,9,10)(H,11,12);;;2*1H2/q;;;2*+2;;/p-4. The molecule has 5 aromatic rings. The van der Waals surface area contributed by atoms with Crippen LogP contribution in [-0.4, -0.2) is 74.1 Å². The van der Waals surface area contributed by atoms with Gasteiger partial charge in [0.1, 0.15) is 12.7 Å². The number of aromatic carboxylic acids is 4. The number of rotatable bonds is 6. The van der Waals surface area contributed by atoms with Crippen LogP contribution in [0.25, 0.3) is 11.6 Å². The number of aromatic nitrogens is 8. The van der Waals surface area contributed by atoms with Gasteiger partial charge in [0.25, 0.3) is 0 Å². The van der Waals surface area contributed by atoms with Crippen molar-refractivity contribution < 1.29 is 84.7 Å². The summed E-state index contributed by atoms with van der Waals surface area (Å²) in [6.45, 7) is 0. The van der Waals surface area contributed by atoms with Crippen LogP contribution in [0, 0.1) is 0 Å². The van der Waals surface area contributed by atoms with Crippen LogP contribution in [-0.2, 0) is 34.1 Å². The van der Waals surface area contributed by atoms with Crippen LogP contribution in [0.2, 0.25) is 0 Å². The maximum atomic E-state index is 10.2. The first-order valence-corrected chi connectivity index (χ1v) is 10.8. The van der Waals surface area contributed by atoms with E-state index in [0.29, 0.717) is 0 Å². The molecule has 0 aliphatic heterocycles. The fourth-order valence-corrected chi connectivity index (χ4v) is 2.71. The van der Waals surface area contributed by atoms with Gasteiger partial charge in [-0.3, -0.25) is 9.13 Å². The summed E-state index contributed by atoms with van der Waals surface area (Å²) in [7, 11) is 0. The van der Waals surface area contributed by atoms with Gasteiger partial charge in [0.05, 0.1) is 46.7 Å². The first-order chi connectivity index (χ1) is 19.2. The second-order valence-corrected chi connectivity index (χ2v) is 7.16. The van der Waals surface area contributed by atoms with Crippen LogP contribution in [0.5, 0.6) is 0 Å². The Hall–Kier alpha value is -5.36. The molecule has 0 aliphatic carbocycles. The summed E-state index contributed by atoms with van der Waals surface area (Å²) in [4.78, 5) is 55.2. The van der Waals surface area contributed by atoms with Crippen molar-refractivity contribution in [2.24, 2.45) is 0 Å². The third-order valence-corrected chi connectivity index (χ3v) is 4.51. The minimum atomic E-state index is -1.52. The van der Waals surface area contributed by atoms with Gasteiger partial charge in [-0.15, -0.1) is 10.2 Å². The Bertz CT molecular complexity index is 1440. The molecule has 18 nitrogen and oxygen atoms in total. The topological polar surface area (TPSA) is 311 Å². The minimum Gasteiger partial charge on any atom is -0.543 e. The number of imidazole rings is 2. The van der Waals surface area contributed by atoms with E-state index in [-0.39, 0.29) is 45.1 Å². The molecule has 2 radical (unpaired) electrons. The fourth-order valence-electron chi connectivity index (χ4n) is 2.71. The summed E-state index contributed by atoms with van der Waals surface area (Å²) in [5.74, 6) is -4.59. The minimum absolute atomic E-state index is 0. The number of carbonyl (C=O) groups is 4. The van der Waals surface area contributed by atoms with E-state index < -0.39 is 46.7 Å². The van der Waals surface area contributed by atoms with Gasteiger partial charge in [-0.05, 0) is 36.4 Å². The number of nitrogens with zero attached hydrogens (tertiary/aromatic N) is 8. The smallest absolute Gasteiger partial charge is 0.543 e. The van der Waals surface area contributed by atoms with Gasteiger partial charge in [-0.2, -0.15) is 0 Å². The second kappa shape index (κ2) is 19.7. The van der Waals surface area contributed by atoms with E-state index in [1.807, 2.05) is 24.5 Å². The van der Waals surface area contributed by atoms with Crippen molar-refractivity contribution in [2.45, 2.75) is 0 Å². The number of hydrogen-bond acceptors (Lipinski definition) is 14. The number of hydrogen-bond donors (Lipinski definition) is 0. The molecule has 44 heavy (non-hydrogen) atoms. The van der Waals surface area contributed by atoms with Crippen molar-refractivity contribution in [3.63, 3.8) is 0 Å². The van der Waals surface area contributed by atoms with E-state index >= 15 is 0 Å². The average molecular weight is 706 g/mol. The van der Waals surface area contributed by atoms with E-state index in [2.05, 4.69) is 30.1 Å². The van der Waals surface area contributed by atoms with Gasteiger partial charge in [-0.1, -0.05) is 12.1 Å². The predicted octanol–water partition coefficient (Wildman–Crippen LogP) is -5.19. The number of carboxylic acids is 4. The Morgan fingerprint density at radius 3 is 1.02 bits per heavy atom. The molecule has 20 heteroatoms. The van der Waals surface area contributed by atoms with Crippen molar-refractivity contribution >= 4 is 23.9 Å². The van der Waals surface area contributed by atoms with Gasteiger partial charge in [0.2, 0.25) is 0 Å². The summed E-state index contributed by atoms with van der Waals surface area (Å²) >= 11 is 0. The molecule has 0 spiro atoms. The van der Waals surface area contributed by atoms with E-state index in [1.165, 1.54) is 12.1 Å². The largest absolute Gasteiger partial charge is 2.00 e. The Labute approximate surface area is 267 Å². The molecular weight excluding hydrogens is 687 g/mol. The normalized spacial score (nSPS) is 8.91. The van der Waals surface area contributed by atoms with Crippen LogP contribution in [0.4, 0.5) is 0 Å². The van der Waals surface area contributed by atoms with Crippen molar-refractivity contribution in [1.82, 2.24) is 39.3 Å². The Balaban J connectivity index is 0. The zero-order valence-corrected chi connectivity index (χ0v) is 23.4. The van der Waals surface area contributed by atoms with Crippen molar-refractivity contribution in [3.8, 4) is 11.6 Å². The number of carbonyl (C=O) groups excluding carboxylic acids is 4. The molecule has 5 aromatic heterocycles. The molecule has 0 aromatic carbocycles. The van der Waals surface area contributed by atoms with Gasteiger partial charge in [0.15, 0.2) is 11.6 Å². The summed E-state index contributed by atoms with van der Waals surface area (Å²) in [6, 6.07) is 10.8. The molecule has 0 amide bonds. The third kappa shape index (κ3) is 11.9. The van der Waals surface area contributed by atoms with E-state index in [9.17, 15) is 39.6 Å². The van der Waals surface area contributed by atoms with Crippen LogP contribution < -0.4 is 20.4 Å². The number of pyridine rings is 2. The van der Waals surface area contributed by atoms with Gasteiger partial charge in [-0.25, -0.2) is 19.9 Å². The zero-order chi connectivity index (χ0) is 29.1. The zero-order valence-electron chi connectivity index (χ0n) is 21.5. The summed E-state index contributed by atoms with van der Waals surface area (Å²) in [5, 5.41) is 49.0. The van der Waals surface area contributed by atoms with Gasteiger partial charge >= 0.3 is 34.1 Å². The van der Waals surface area contributed by atoms with Crippen molar-refractivity contribution in [3.05, 3.63) is 109 Å². The fraction of sp³-hybridized carbons (Fsp3) is 0. The molecule has 236 valence electrons. The SMILES string of the molecule is O.O.O=C([O-])c1cccc(C(=O)[O-])n1.O=C([O-])c1cccc(C(=O)[O-])n1.[Cu+2].[Cu+2].c1cn(-c2ccc(-n3ccnc3)nn2)cn1. The van der Waals surface area contributed by atoms with Gasteiger partial charge in [0, 0.05) is 24.8 Å². The first kappa shape index (κ1) is 40.8. The monoisotopic (exact) mass is 704 g/mol. The quantitative estimate of drug-likeness (QED) is 0.149. The van der Waals surface area contributed by atoms with Crippen LogP contribution >= 0.6 is 0 Å². The van der Waals surface area contributed by atoms with E-state index in [0.717, 1.165) is 35.9 Å². The maximum absolute atomic E-state index is 10.2. The Kier molecular flexibility index (Phi) is 18.3. The number of carboxylic acid groups (broad SMARTS) is 4. The molecule has 5 rings (SSSR count). The van der Waals surface area contributed by atoms with Crippen LogP contribution in [0.1, 0.15) is 42.0 Å². The van der Waals surface area contributed by atoms with E-state index in [1.54, 1.807) is 34.2 Å². The molecule has 0 unspecified atom stereocenters. The molecule has 0 fully saturated rings. The van der Waals surface area contributed by atoms with E-state index in [4.69, 9.17) is 0 Å². The molecule has 5 heterocycles. The molecule has 0 atom stereocenters. The molecule has 0 aliphatic rings. The van der Waals surface area contributed by atoms with Crippen LogP contribution in [0.15, 0.2) is 86.0 Å². The maximum Gasteiger partial charge on any atom is 2.00 e. The third-order valence-electron chi connectivity index (χ3n) is 4.51. The molecular formula is C24H18Cu2N8O10. The van der Waals surface area contributed by atoms with Crippen molar-refractivity contribution in [1.29, 1.82) is 0 Å². The molecule has 0 saturated carbocycles. The Morgan fingerprint density at radius 2 is 0.818 bits per heavy atom. The summed E-state index contributed by atoms with van der Waals surface area (Å²) < 4.78 is 3.59. The first-order valence-electron chi connectivity index (χ1n) is 10.8. The summed E-state index contributed by atoms with van der Waals surface area (Å²) in [6.07, 6.45) is 10.4. The van der Waals surface area contributed by atoms with Crippen molar-refractivity contribution in [2.75, 3.05) is 0 Å².